The van der Waals surface area contributed by atoms with Gasteiger partial charge in [-0.25, -0.2) is 4.79 Å². The Morgan fingerprint density at radius 2 is 1.74 bits per heavy atom. The van der Waals surface area contributed by atoms with Crippen LogP contribution >= 0.6 is 0 Å². The monoisotopic (exact) mass is 274 g/mol. The lowest BCUT2D eigenvalue weighted by atomic mass is 10.4. The maximum atomic E-state index is 11.7. The first-order valence-corrected chi connectivity index (χ1v) is 6.15. The van der Waals surface area contributed by atoms with Crippen LogP contribution in [0.1, 0.15) is 13.8 Å². The van der Waals surface area contributed by atoms with Crippen molar-refractivity contribution in [2.75, 3.05) is 39.3 Å². The van der Waals surface area contributed by atoms with Crippen LogP contribution in [0.4, 0.5) is 4.79 Å². The standard InChI is InChI=1S/C11H22N4O4/c1-3-14(4-2)6-5-13-11(19)15(7-9(12)16)8-10(17)18/h3-8H2,1-2H3,(H2,12,16)(H,13,19)(H,17,18). The Morgan fingerprint density at radius 1 is 1.16 bits per heavy atom. The SMILES string of the molecule is CCN(CC)CCNC(=O)N(CC(N)=O)CC(=O)O. The van der Waals surface area contributed by atoms with Crippen LogP contribution in [-0.2, 0) is 9.59 Å². The van der Waals surface area contributed by atoms with Gasteiger partial charge in [0.05, 0.1) is 0 Å². The van der Waals surface area contributed by atoms with Crippen LogP contribution < -0.4 is 11.1 Å². The molecule has 0 saturated heterocycles. The number of nitrogens with one attached hydrogen (secondary N) is 1. The minimum absolute atomic E-state index is 0.384. The van der Waals surface area contributed by atoms with Crippen LogP contribution in [0.3, 0.4) is 0 Å². The molecule has 0 aromatic heterocycles. The minimum Gasteiger partial charge on any atom is -0.480 e. The number of rotatable bonds is 9. The van der Waals surface area contributed by atoms with Gasteiger partial charge in [0.15, 0.2) is 0 Å². The number of hydrogen-bond acceptors (Lipinski definition) is 4. The Bertz CT molecular complexity index is 302. The van der Waals surface area contributed by atoms with E-state index in [1.165, 1.54) is 0 Å². The molecule has 0 aromatic rings. The van der Waals surface area contributed by atoms with Crippen LogP contribution in [-0.4, -0.2) is 72.1 Å². The number of carbonyl (C=O) groups excluding carboxylic acids is 2. The molecule has 3 amide bonds. The molecular weight excluding hydrogens is 252 g/mol. The minimum atomic E-state index is -1.19. The summed E-state index contributed by atoms with van der Waals surface area (Å²) in [4.78, 5) is 36.0. The molecule has 0 aliphatic heterocycles. The largest absolute Gasteiger partial charge is 0.480 e. The number of primary amides is 1. The Kier molecular flexibility index (Phi) is 8.27. The summed E-state index contributed by atoms with van der Waals surface area (Å²) in [6.07, 6.45) is 0. The van der Waals surface area contributed by atoms with Gasteiger partial charge in [-0.05, 0) is 13.1 Å². The van der Waals surface area contributed by atoms with E-state index in [1.54, 1.807) is 0 Å². The van der Waals surface area contributed by atoms with Gasteiger partial charge in [0.2, 0.25) is 5.91 Å². The van der Waals surface area contributed by atoms with Crippen molar-refractivity contribution in [3.8, 4) is 0 Å². The van der Waals surface area contributed by atoms with Gasteiger partial charge in [-0.15, -0.1) is 0 Å². The third-order valence-corrected chi connectivity index (χ3v) is 2.56. The predicted molar refractivity (Wildman–Crippen MR) is 69.6 cm³/mol. The maximum absolute atomic E-state index is 11.7. The van der Waals surface area contributed by atoms with Gasteiger partial charge >= 0.3 is 12.0 Å². The number of aliphatic carboxylic acids is 1. The molecule has 0 aliphatic rings. The second-order valence-corrected chi connectivity index (χ2v) is 3.97. The summed E-state index contributed by atoms with van der Waals surface area (Å²) in [6, 6.07) is -0.603. The van der Waals surface area contributed by atoms with Gasteiger partial charge in [0, 0.05) is 13.1 Å². The lowest BCUT2D eigenvalue weighted by Crippen LogP contribution is -2.48. The van der Waals surface area contributed by atoms with Crippen molar-refractivity contribution in [2.45, 2.75) is 13.8 Å². The summed E-state index contributed by atoms with van der Waals surface area (Å²) in [6.45, 7) is 5.83. The van der Waals surface area contributed by atoms with Crippen LogP contribution in [0.25, 0.3) is 0 Å². The number of carboxylic acids is 1. The zero-order valence-electron chi connectivity index (χ0n) is 11.4. The van der Waals surface area contributed by atoms with E-state index >= 15 is 0 Å². The molecule has 0 rings (SSSR count). The average Bonchev–Trinajstić information content (AvgIpc) is 2.32. The second-order valence-electron chi connectivity index (χ2n) is 3.97. The summed E-state index contributed by atoms with van der Waals surface area (Å²) in [5.74, 6) is -1.94. The van der Waals surface area contributed by atoms with E-state index in [9.17, 15) is 14.4 Å². The molecule has 0 radical (unpaired) electrons. The van der Waals surface area contributed by atoms with Crippen LogP contribution in [0, 0.1) is 0 Å². The van der Waals surface area contributed by atoms with Gasteiger partial charge in [0.1, 0.15) is 13.1 Å². The highest BCUT2D eigenvalue weighted by Gasteiger charge is 2.18. The summed E-state index contributed by atoms with van der Waals surface area (Å²) in [5.41, 5.74) is 4.97. The fourth-order valence-corrected chi connectivity index (χ4v) is 1.52. The average molecular weight is 274 g/mol. The summed E-state index contributed by atoms with van der Waals surface area (Å²) >= 11 is 0. The molecule has 0 aromatic carbocycles. The Hall–Kier alpha value is -1.83. The number of hydrogen-bond donors (Lipinski definition) is 3. The van der Waals surface area contributed by atoms with Gasteiger partial charge in [0.25, 0.3) is 0 Å². The van der Waals surface area contributed by atoms with Gasteiger partial charge in [-0.2, -0.15) is 0 Å². The molecule has 0 unspecified atom stereocenters. The van der Waals surface area contributed by atoms with Gasteiger partial charge in [-0.3, -0.25) is 9.59 Å². The van der Waals surface area contributed by atoms with Crippen molar-refractivity contribution in [1.82, 2.24) is 15.1 Å². The van der Waals surface area contributed by atoms with E-state index in [4.69, 9.17) is 10.8 Å². The smallest absolute Gasteiger partial charge is 0.323 e. The first kappa shape index (κ1) is 17.2. The van der Waals surface area contributed by atoms with Crippen molar-refractivity contribution < 1.29 is 19.5 Å². The first-order valence-electron chi connectivity index (χ1n) is 6.15. The number of amides is 3. The second kappa shape index (κ2) is 9.15. The molecule has 8 nitrogen and oxygen atoms in total. The number of likely N-dealkylation sites (N-methyl/N-ethyl adjacent to an activating group) is 1. The van der Waals surface area contributed by atoms with Gasteiger partial charge in [-0.1, -0.05) is 13.8 Å². The van der Waals surface area contributed by atoms with Crippen LogP contribution in [0.15, 0.2) is 0 Å². The zero-order chi connectivity index (χ0) is 14.8. The zero-order valence-corrected chi connectivity index (χ0v) is 11.4. The summed E-state index contributed by atoms with van der Waals surface area (Å²) in [5, 5.41) is 11.2. The van der Waals surface area contributed by atoms with Crippen molar-refractivity contribution >= 4 is 17.9 Å². The van der Waals surface area contributed by atoms with Gasteiger partial charge < -0.3 is 26.0 Å². The summed E-state index contributed by atoms with van der Waals surface area (Å²) < 4.78 is 0. The molecule has 19 heavy (non-hydrogen) atoms. The molecular formula is C11H22N4O4. The topological polar surface area (TPSA) is 116 Å². The quantitative estimate of drug-likeness (QED) is 0.494. The highest BCUT2D eigenvalue weighted by Crippen LogP contribution is 1.90. The molecule has 4 N–H and O–H groups in total. The molecule has 0 bridgehead atoms. The van der Waals surface area contributed by atoms with Crippen molar-refractivity contribution in [3.05, 3.63) is 0 Å². The molecule has 0 aliphatic carbocycles. The molecule has 0 spiro atoms. The third-order valence-electron chi connectivity index (χ3n) is 2.56. The van der Waals surface area contributed by atoms with Crippen LogP contribution in [0.5, 0.6) is 0 Å². The first-order chi connectivity index (χ1) is 8.90. The fraction of sp³-hybridized carbons (Fsp3) is 0.727. The highest BCUT2D eigenvalue weighted by molar-refractivity contribution is 5.85. The van der Waals surface area contributed by atoms with E-state index in [2.05, 4.69) is 10.2 Å². The van der Waals surface area contributed by atoms with E-state index in [0.29, 0.717) is 13.1 Å². The summed E-state index contributed by atoms with van der Waals surface area (Å²) in [7, 11) is 0. The lowest BCUT2D eigenvalue weighted by Gasteiger charge is -2.22. The van der Waals surface area contributed by atoms with Crippen molar-refractivity contribution in [1.29, 1.82) is 0 Å². The van der Waals surface area contributed by atoms with Crippen LogP contribution in [0.2, 0.25) is 0 Å². The number of carboxylic acid groups (broad SMARTS) is 1. The molecule has 8 heteroatoms. The number of urea groups is 1. The molecule has 0 saturated carbocycles. The Labute approximate surface area is 112 Å². The fourth-order valence-electron chi connectivity index (χ4n) is 1.52. The van der Waals surface area contributed by atoms with E-state index < -0.39 is 31.0 Å². The molecule has 0 heterocycles. The maximum Gasteiger partial charge on any atom is 0.323 e. The van der Waals surface area contributed by atoms with E-state index in [-0.39, 0.29) is 0 Å². The van der Waals surface area contributed by atoms with E-state index in [0.717, 1.165) is 18.0 Å². The normalized spacial score (nSPS) is 10.3. The number of carbonyl (C=O) groups is 3. The van der Waals surface area contributed by atoms with E-state index in [1.807, 2.05) is 13.8 Å². The van der Waals surface area contributed by atoms with Crippen molar-refractivity contribution in [3.63, 3.8) is 0 Å². The third kappa shape index (κ3) is 7.98. The van der Waals surface area contributed by atoms with Crippen molar-refractivity contribution in [2.24, 2.45) is 5.73 Å². The Balaban J connectivity index is 4.23. The molecule has 0 atom stereocenters. The molecule has 0 fully saturated rings. The number of nitrogens with two attached hydrogens (primary N) is 1. The highest BCUT2D eigenvalue weighted by atomic mass is 16.4. The predicted octanol–water partition coefficient (Wildman–Crippen LogP) is -1.09. The molecule has 110 valence electrons. The number of nitrogens with zero attached hydrogens (tertiary/aromatic N) is 2. The lowest BCUT2D eigenvalue weighted by molar-refractivity contribution is -0.137. The Morgan fingerprint density at radius 3 is 2.16 bits per heavy atom.